The van der Waals surface area contributed by atoms with Gasteiger partial charge in [0, 0.05) is 10.6 Å². The summed E-state index contributed by atoms with van der Waals surface area (Å²) in [6.07, 6.45) is -3.81. The molecule has 0 aromatic heterocycles. The maximum Gasteiger partial charge on any atom is 0.334 e. The van der Waals surface area contributed by atoms with E-state index in [-0.39, 0.29) is 5.02 Å². The van der Waals surface area contributed by atoms with Crippen molar-refractivity contribution in [2.24, 2.45) is 0 Å². The molecule has 0 aliphatic carbocycles. The number of benzene rings is 1. The van der Waals surface area contributed by atoms with Gasteiger partial charge in [-0.3, -0.25) is 0 Å². The monoisotopic (exact) mass is 246 g/mol. The minimum atomic E-state index is -4.28. The second-order valence-electron chi connectivity index (χ2n) is 2.55. The van der Waals surface area contributed by atoms with Crippen molar-refractivity contribution in [1.29, 1.82) is 0 Å². The van der Waals surface area contributed by atoms with Crippen LogP contribution in [0.5, 0.6) is 0 Å². The van der Waals surface area contributed by atoms with Gasteiger partial charge in [-0.2, -0.15) is 8.78 Å². The fourth-order valence-electron chi connectivity index (χ4n) is 0.870. The molecule has 0 atom stereocenters. The molecule has 0 heterocycles. The molecule has 0 aliphatic heterocycles. The van der Waals surface area contributed by atoms with E-state index in [4.69, 9.17) is 23.2 Å². The Bertz CT molecular complexity index is 338. The van der Waals surface area contributed by atoms with Crippen LogP contribution in [0.25, 0.3) is 0 Å². The normalized spacial score (nSPS) is 12.2. The van der Waals surface area contributed by atoms with Crippen LogP contribution in [-0.4, -0.2) is 6.43 Å². The Labute approximate surface area is 87.4 Å². The number of alkyl halides is 4. The molecule has 1 aromatic carbocycles. The Kier molecular flexibility index (Phi) is 3.27. The van der Waals surface area contributed by atoms with Crippen molar-refractivity contribution in [3.63, 3.8) is 0 Å². The first-order valence-electron chi connectivity index (χ1n) is 3.47. The lowest BCUT2D eigenvalue weighted by Gasteiger charge is -2.16. The molecule has 1 rings (SSSR count). The van der Waals surface area contributed by atoms with Crippen LogP contribution in [0.4, 0.5) is 17.6 Å². The van der Waals surface area contributed by atoms with Gasteiger partial charge in [0.15, 0.2) is 0 Å². The molecule has 78 valence electrons. The average molecular weight is 247 g/mol. The van der Waals surface area contributed by atoms with Crippen molar-refractivity contribution >= 4 is 23.2 Å². The summed E-state index contributed by atoms with van der Waals surface area (Å²) < 4.78 is 49.6. The first-order chi connectivity index (χ1) is 6.35. The number of rotatable bonds is 2. The highest BCUT2D eigenvalue weighted by atomic mass is 35.5. The van der Waals surface area contributed by atoms with Gasteiger partial charge in [-0.1, -0.05) is 23.2 Å². The van der Waals surface area contributed by atoms with Crippen molar-refractivity contribution in [1.82, 2.24) is 0 Å². The Balaban J connectivity index is 3.24. The highest BCUT2D eigenvalue weighted by Gasteiger charge is 2.44. The minimum absolute atomic E-state index is 0.0651. The summed E-state index contributed by atoms with van der Waals surface area (Å²) in [5, 5.41) is -0.496. The number of hydrogen-bond donors (Lipinski definition) is 0. The first-order valence-corrected chi connectivity index (χ1v) is 4.23. The predicted octanol–water partition coefficient (Wildman–Crippen LogP) is 4.35. The molecule has 0 saturated carbocycles. The fraction of sp³-hybridized carbons (Fsp3) is 0.250. The van der Waals surface area contributed by atoms with Gasteiger partial charge in [-0.05, 0) is 18.2 Å². The van der Waals surface area contributed by atoms with Gasteiger partial charge in [0.05, 0.1) is 5.02 Å². The van der Waals surface area contributed by atoms with Crippen LogP contribution in [0.1, 0.15) is 5.56 Å². The zero-order chi connectivity index (χ0) is 10.9. The molecule has 0 unspecified atom stereocenters. The van der Waals surface area contributed by atoms with E-state index < -0.39 is 22.9 Å². The summed E-state index contributed by atoms with van der Waals surface area (Å²) in [5.41, 5.74) is -0.957. The van der Waals surface area contributed by atoms with E-state index in [1.807, 2.05) is 0 Å². The zero-order valence-corrected chi connectivity index (χ0v) is 8.09. The molecule has 0 radical (unpaired) electrons. The van der Waals surface area contributed by atoms with Crippen molar-refractivity contribution in [3.05, 3.63) is 33.8 Å². The Morgan fingerprint density at radius 1 is 1.14 bits per heavy atom. The lowest BCUT2D eigenvalue weighted by atomic mass is 10.1. The van der Waals surface area contributed by atoms with Crippen molar-refractivity contribution in [2.45, 2.75) is 12.3 Å². The fourth-order valence-corrected chi connectivity index (χ4v) is 1.29. The van der Waals surface area contributed by atoms with Gasteiger partial charge < -0.3 is 0 Å². The Morgan fingerprint density at radius 2 is 1.71 bits per heavy atom. The van der Waals surface area contributed by atoms with E-state index in [2.05, 4.69) is 0 Å². The minimum Gasteiger partial charge on any atom is -0.203 e. The van der Waals surface area contributed by atoms with E-state index >= 15 is 0 Å². The predicted molar refractivity (Wildman–Crippen MR) is 46.4 cm³/mol. The Morgan fingerprint density at radius 3 is 2.21 bits per heavy atom. The van der Waals surface area contributed by atoms with Gasteiger partial charge in [-0.15, -0.1) is 0 Å². The molecule has 1 aromatic rings. The largest absolute Gasteiger partial charge is 0.334 e. The highest BCUT2D eigenvalue weighted by Crippen LogP contribution is 2.39. The van der Waals surface area contributed by atoms with E-state index in [9.17, 15) is 17.6 Å². The molecule has 0 N–H and O–H groups in total. The quantitative estimate of drug-likeness (QED) is 0.681. The standard InChI is InChI=1S/C8H4Cl2F4/c9-4-1-2-6(10)5(3-4)8(13,14)7(11)12/h1-3,7H. The van der Waals surface area contributed by atoms with E-state index in [0.717, 1.165) is 12.1 Å². The molecule has 0 aliphatic rings. The van der Waals surface area contributed by atoms with Gasteiger partial charge in [0.25, 0.3) is 0 Å². The summed E-state index contributed by atoms with van der Waals surface area (Å²) in [5.74, 6) is -4.28. The number of hydrogen-bond acceptors (Lipinski definition) is 0. The third kappa shape index (κ3) is 2.12. The summed E-state index contributed by atoms with van der Waals surface area (Å²) in [6.45, 7) is 0. The first kappa shape index (κ1) is 11.6. The number of halogens is 6. The van der Waals surface area contributed by atoms with Crippen LogP contribution >= 0.6 is 23.2 Å². The third-order valence-electron chi connectivity index (χ3n) is 1.56. The van der Waals surface area contributed by atoms with Gasteiger partial charge >= 0.3 is 12.3 Å². The maximum atomic E-state index is 12.8. The highest BCUT2D eigenvalue weighted by molar-refractivity contribution is 6.33. The summed E-state index contributed by atoms with van der Waals surface area (Å²) in [7, 11) is 0. The summed E-state index contributed by atoms with van der Waals surface area (Å²) >= 11 is 10.7. The third-order valence-corrected chi connectivity index (χ3v) is 2.13. The molecule has 0 saturated heterocycles. The van der Waals surface area contributed by atoms with E-state index in [1.54, 1.807) is 0 Å². The molecular weight excluding hydrogens is 243 g/mol. The molecule has 0 bridgehead atoms. The van der Waals surface area contributed by atoms with Crippen molar-refractivity contribution < 1.29 is 17.6 Å². The van der Waals surface area contributed by atoms with Gasteiger partial charge in [0.2, 0.25) is 0 Å². The van der Waals surface area contributed by atoms with Crippen LogP contribution in [0.15, 0.2) is 18.2 Å². The topological polar surface area (TPSA) is 0 Å². The zero-order valence-electron chi connectivity index (χ0n) is 6.58. The smallest absolute Gasteiger partial charge is 0.203 e. The maximum absolute atomic E-state index is 12.8. The molecular formula is C8H4Cl2F4. The van der Waals surface area contributed by atoms with Gasteiger partial charge in [-0.25, -0.2) is 8.78 Å². The van der Waals surface area contributed by atoms with Crippen LogP contribution in [0.3, 0.4) is 0 Å². The van der Waals surface area contributed by atoms with Crippen LogP contribution in [0, 0.1) is 0 Å². The summed E-state index contributed by atoms with van der Waals surface area (Å²) in [4.78, 5) is 0. The SMILES string of the molecule is FC(F)C(F)(F)c1cc(Cl)ccc1Cl. The van der Waals surface area contributed by atoms with Crippen molar-refractivity contribution in [2.75, 3.05) is 0 Å². The molecule has 0 nitrogen and oxygen atoms in total. The molecule has 6 heteroatoms. The van der Waals surface area contributed by atoms with E-state index in [1.165, 1.54) is 6.07 Å². The molecule has 0 amide bonds. The average Bonchev–Trinajstić information content (AvgIpc) is 2.08. The van der Waals surface area contributed by atoms with Gasteiger partial charge in [0.1, 0.15) is 0 Å². The molecule has 0 spiro atoms. The summed E-state index contributed by atoms with van der Waals surface area (Å²) in [6, 6.07) is 3.03. The van der Waals surface area contributed by atoms with Crippen LogP contribution < -0.4 is 0 Å². The second-order valence-corrected chi connectivity index (χ2v) is 3.39. The Hall–Kier alpha value is -0.480. The lowest BCUT2D eigenvalue weighted by molar-refractivity contribution is -0.135. The van der Waals surface area contributed by atoms with Crippen molar-refractivity contribution in [3.8, 4) is 0 Å². The second kappa shape index (κ2) is 3.95. The molecule has 0 fully saturated rings. The molecule has 14 heavy (non-hydrogen) atoms. The lowest BCUT2D eigenvalue weighted by Crippen LogP contribution is -2.23. The van der Waals surface area contributed by atoms with E-state index in [0.29, 0.717) is 0 Å². The van der Waals surface area contributed by atoms with Crippen LogP contribution in [0.2, 0.25) is 10.0 Å². The van der Waals surface area contributed by atoms with Crippen LogP contribution in [-0.2, 0) is 5.92 Å².